The summed E-state index contributed by atoms with van der Waals surface area (Å²) >= 11 is 0. The van der Waals surface area contributed by atoms with E-state index in [1.54, 1.807) is 0 Å². The molecule has 1 aromatic carbocycles. The first-order valence-corrected chi connectivity index (χ1v) is 4.91. The summed E-state index contributed by atoms with van der Waals surface area (Å²) in [5.74, 6) is -1.38. The van der Waals surface area contributed by atoms with Crippen molar-refractivity contribution in [2.75, 3.05) is 11.9 Å². The minimum Gasteiger partial charge on any atom is -0.409 e. The molecule has 0 aromatic heterocycles. The van der Waals surface area contributed by atoms with Crippen LogP contribution < -0.4 is 11.1 Å². The van der Waals surface area contributed by atoms with Crippen molar-refractivity contribution in [2.24, 2.45) is 10.9 Å². The van der Waals surface area contributed by atoms with Crippen molar-refractivity contribution in [2.45, 2.75) is 12.6 Å². The van der Waals surface area contributed by atoms with Crippen molar-refractivity contribution in [3.8, 4) is 0 Å². The van der Waals surface area contributed by atoms with Crippen LogP contribution in [0.5, 0.6) is 0 Å². The van der Waals surface area contributed by atoms with Gasteiger partial charge < -0.3 is 16.3 Å². The quantitative estimate of drug-likeness (QED) is 0.257. The van der Waals surface area contributed by atoms with Crippen molar-refractivity contribution in [3.63, 3.8) is 0 Å². The van der Waals surface area contributed by atoms with Crippen LogP contribution in [0.3, 0.4) is 0 Å². The van der Waals surface area contributed by atoms with Crippen LogP contribution in [0.2, 0.25) is 0 Å². The van der Waals surface area contributed by atoms with Crippen molar-refractivity contribution >= 4 is 11.5 Å². The minimum absolute atomic E-state index is 0.0549. The summed E-state index contributed by atoms with van der Waals surface area (Å²) in [5, 5.41) is 13.6. The third-order valence-electron chi connectivity index (χ3n) is 2.11. The fourth-order valence-electron chi connectivity index (χ4n) is 1.24. The summed E-state index contributed by atoms with van der Waals surface area (Å²) in [5.41, 5.74) is 3.95. The molecule has 1 aromatic rings. The van der Waals surface area contributed by atoms with Crippen LogP contribution in [0.15, 0.2) is 23.4 Å². The Balaban J connectivity index is 2.74. The van der Waals surface area contributed by atoms with Crippen LogP contribution in [0.25, 0.3) is 0 Å². The van der Waals surface area contributed by atoms with Gasteiger partial charge in [-0.15, -0.1) is 0 Å². The van der Waals surface area contributed by atoms with E-state index in [0.29, 0.717) is 6.07 Å². The molecule has 0 aliphatic carbocycles. The molecule has 0 atom stereocenters. The lowest BCUT2D eigenvalue weighted by Crippen LogP contribution is -2.17. The van der Waals surface area contributed by atoms with E-state index < -0.39 is 17.6 Å². The molecule has 0 heterocycles. The number of halogens is 4. The van der Waals surface area contributed by atoms with Gasteiger partial charge in [-0.3, -0.25) is 0 Å². The number of benzene rings is 1. The number of rotatable bonds is 4. The predicted molar refractivity (Wildman–Crippen MR) is 57.9 cm³/mol. The molecular weight excluding hydrogens is 254 g/mol. The first-order valence-electron chi connectivity index (χ1n) is 4.91. The fraction of sp³-hybridized carbons (Fsp3) is 0.300. The van der Waals surface area contributed by atoms with Crippen molar-refractivity contribution < 1.29 is 22.8 Å². The second-order valence-electron chi connectivity index (χ2n) is 3.46. The number of nitrogens with two attached hydrogens (primary N) is 1. The standard InChI is InChI=1S/C10H11F4N3O/c11-8-2-1-6(5-7(8)10(12,13)14)16-4-3-9(15)17-18/h1-2,5,16,18H,3-4H2,(H2,15,17). The number of anilines is 1. The largest absolute Gasteiger partial charge is 0.419 e. The van der Waals surface area contributed by atoms with E-state index >= 15 is 0 Å². The molecule has 0 fully saturated rings. The van der Waals surface area contributed by atoms with E-state index in [1.165, 1.54) is 6.07 Å². The van der Waals surface area contributed by atoms with Gasteiger partial charge in [-0.2, -0.15) is 13.2 Å². The minimum atomic E-state index is -4.74. The monoisotopic (exact) mass is 265 g/mol. The molecule has 0 radical (unpaired) electrons. The molecule has 8 heteroatoms. The van der Waals surface area contributed by atoms with Crippen LogP contribution in [-0.4, -0.2) is 17.6 Å². The smallest absolute Gasteiger partial charge is 0.409 e. The highest BCUT2D eigenvalue weighted by Gasteiger charge is 2.34. The maximum Gasteiger partial charge on any atom is 0.419 e. The fourth-order valence-corrected chi connectivity index (χ4v) is 1.24. The van der Waals surface area contributed by atoms with Gasteiger partial charge in [0.1, 0.15) is 11.7 Å². The lowest BCUT2D eigenvalue weighted by atomic mass is 10.2. The predicted octanol–water partition coefficient (Wildman–Crippen LogP) is 2.39. The number of nitrogens with one attached hydrogen (secondary N) is 1. The summed E-state index contributed by atoms with van der Waals surface area (Å²) in [6.07, 6.45) is -4.59. The molecule has 0 saturated carbocycles. The normalized spacial score (nSPS) is 12.6. The molecule has 0 amide bonds. The molecule has 0 bridgehead atoms. The molecule has 18 heavy (non-hydrogen) atoms. The Bertz CT molecular complexity index is 445. The molecule has 1 rings (SSSR count). The number of hydrogen-bond donors (Lipinski definition) is 3. The average Bonchev–Trinajstić information content (AvgIpc) is 2.29. The van der Waals surface area contributed by atoms with Crippen LogP contribution in [-0.2, 0) is 6.18 Å². The van der Waals surface area contributed by atoms with Gasteiger partial charge in [0, 0.05) is 18.7 Å². The van der Waals surface area contributed by atoms with Crippen molar-refractivity contribution in [3.05, 3.63) is 29.6 Å². The number of oxime groups is 1. The molecule has 0 spiro atoms. The molecule has 0 aliphatic heterocycles. The van der Waals surface area contributed by atoms with Gasteiger partial charge in [0.05, 0.1) is 5.56 Å². The van der Waals surface area contributed by atoms with E-state index in [4.69, 9.17) is 10.9 Å². The Labute approximate surface area is 100 Å². The second-order valence-corrected chi connectivity index (χ2v) is 3.46. The van der Waals surface area contributed by atoms with Crippen molar-refractivity contribution in [1.82, 2.24) is 0 Å². The van der Waals surface area contributed by atoms with Gasteiger partial charge in [0.2, 0.25) is 0 Å². The molecule has 0 aliphatic rings. The van der Waals surface area contributed by atoms with Crippen LogP contribution >= 0.6 is 0 Å². The Morgan fingerprint density at radius 3 is 2.61 bits per heavy atom. The highest BCUT2D eigenvalue weighted by Crippen LogP contribution is 2.32. The van der Waals surface area contributed by atoms with Gasteiger partial charge in [-0.25, -0.2) is 4.39 Å². The Morgan fingerprint density at radius 1 is 1.39 bits per heavy atom. The summed E-state index contributed by atoms with van der Waals surface area (Å²) < 4.78 is 50.1. The molecule has 0 unspecified atom stereocenters. The van der Waals surface area contributed by atoms with Gasteiger partial charge in [-0.05, 0) is 18.2 Å². The van der Waals surface area contributed by atoms with E-state index in [-0.39, 0.29) is 24.5 Å². The highest BCUT2D eigenvalue weighted by molar-refractivity contribution is 5.80. The van der Waals surface area contributed by atoms with E-state index in [9.17, 15) is 17.6 Å². The Kier molecular flexibility index (Phi) is 4.35. The van der Waals surface area contributed by atoms with Crippen LogP contribution in [0, 0.1) is 5.82 Å². The first-order chi connectivity index (χ1) is 8.34. The maximum absolute atomic E-state index is 13.0. The van der Waals surface area contributed by atoms with Gasteiger partial charge in [-0.1, -0.05) is 5.16 Å². The average molecular weight is 265 g/mol. The third-order valence-corrected chi connectivity index (χ3v) is 2.11. The third kappa shape index (κ3) is 3.79. The number of hydrogen-bond acceptors (Lipinski definition) is 3. The lowest BCUT2D eigenvalue weighted by Gasteiger charge is -2.11. The zero-order valence-electron chi connectivity index (χ0n) is 9.13. The molecule has 4 nitrogen and oxygen atoms in total. The zero-order chi connectivity index (χ0) is 13.8. The summed E-state index contributed by atoms with van der Waals surface area (Å²) in [4.78, 5) is 0. The number of nitrogens with zero attached hydrogens (tertiary/aromatic N) is 1. The van der Waals surface area contributed by atoms with Gasteiger partial charge in [0.15, 0.2) is 0 Å². The summed E-state index contributed by atoms with van der Waals surface area (Å²) in [6.45, 7) is 0.165. The molecular formula is C10H11F4N3O. The van der Waals surface area contributed by atoms with E-state index in [1.807, 2.05) is 0 Å². The van der Waals surface area contributed by atoms with Crippen molar-refractivity contribution in [1.29, 1.82) is 0 Å². The number of amidine groups is 1. The number of alkyl halides is 3. The van der Waals surface area contributed by atoms with Crippen LogP contribution in [0.1, 0.15) is 12.0 Å². The summed E-state index contributed by atoms with van der Waals surface area (Å²) in [6, 6.07) is 2.58. The van der Waals surface area contributed by atoms with E-state index in [0.717, 1.165) is 6.07 Å². The second kappa shape index (κ2) is 5.56. The van der Waals surface area contributed by atoms with Crippen LogP contribution in [0.4, 0.5) is 23.2 Å². The van der Waals surface area contributed by atoms with Gasteiger partial charge >= 0.3 is 6.18 Å². The molecule has 4 N–H and O–H groups in total. The topological polar surface area (TPSA) is 70.6 Å². The molecule has 0 saturated heterocycles. The highest BCUT2D eigenvalue weighted by atomic mass is 19.4. The first kappa shape index (κ1) is 14.1. The lowest BCUT2D eigenvalue weighted by molar-refractivity contribution is -0.139. The Hall–Kier alpha value is -1.99. The Morgan fingerprint density at radius 2 is 2.06 bits per heavy atom. The zero-order valence-corrected chi connectivity index (χ0v) is 9.13. The summed E-state index contributed by atoms with van der Waals surface area (Å²) in [7, 11) is 0. The van der Waals surface area contributed by atoms with E-state index in [2.05, 4.69) is 10.5 Å². The molecule has 100 valence electrons. The van der Waals surface area contributed by atoms with Gasteiger partial charge in [0.25, 0.3) is 0 Å². The SMILES string of the molecule is NC(CCNc1ccc(F)c(C(F)(F)F)c1)=NO. The maximum atomic E-state index is 13.0.